The first-order valence-electron chi connectivity index (χ1n) is 6.29. The van der Waals surface area contributed by atoms with Gasteiger partial charge in [0.25, 0.3) is 5.91 Å². The van der Waals surface area contributed by atoms with Crippen molar-refractivity contribution < 1.29 is 4.79 Å². The van der Waals surface area contributed by atoms with Gasteiger partial charge in [0.2, 0.25) is 0 Å². The van der Waals surface area contributed by atoms with E-state index in [1.807, 2.05) is 12.1 Å². The van der Waals surface area contributed by atoms with E-state index in [0.29, 0.717) is 22.5 Å². The van der Waals surface area contributed by atoms with Gasteiger partial charge in [-0.2, -0.15) is 0 Å². The van der Waals surface area contributed by atoms with Crippen LogP contribution in [0.5, 0.6) is 0 Å². The van der Waals surface area contributed by atoms with Gasteiger partial charge in [-0.25, -0.2) is 0 Å². The highest BCUT2D eigenvalue weighted by atomic mass is 35.5. The summed E-state index contributed by atoms with van der Waals surface area (Å²) in [7, 11) is 0. The predicted octanol–water partition coefficient (Wildman–Crippen LogP) is 3.26. The summed E-state index contributed by atoms with van der Waals surface area (Å²) < 4.78 is 0. The lowest BCUT2D eigenvalue weighted by Gasteiger charge is -2.22. The molecule has 0 spiro atoms. The summed E-state index contributed by atoms with van der Waals surface area (Å²) in [4.78, 5) is 12.1. The minimum Gasteiger partial charge on any atom is -0.349 e. The van der Waals surface area contributed by atoms with Crippen LogP contribution in [-0.2, 0) is 0 Å². The molecule has 0 radical (unpaired) electrons. The number of amides is 1. The Kier molecular flexibility index (Phi) is 2.83. The number of carbonyl (C=O) groups is 1. The van der Waals surface area contributed by atoms with Crippen molar-refractivity contribution in [2.75, 3.05) is 0 Å². The molecule has 1 N–H and O–H groups in total. The van der Waals surface area contributed by atoms with Crippen LogP contribution in [0.4, 0.5) is 0 Å². The summed E-state index contributed by atoms with van der Waals surface area (Å²) in [6.07, 6.45) is 5.11. The van der Waals surface area contributed by atoms with Gasteiger partial charge in [-0.15, -0.1) is 0 Å². The molecule has 90 valence electrons. The topological polar surface area (TPSA) is 29.1 Å². The lowest BCUT2D eigenvalue weighted by Crippen LogP contribution is -2.38. The van der Waals surface area contributed by atoms with Gasteiger partial charge in [-0.05, 0) is 49.3 Å². The molecule has 0 aliphatic heterocycles. The van der Waals surface area contributed by atoms with E-state index in [1.165, 1.54) is 19.3 Å². The normalized spacial score (nSPS) is 30.5. The molecule has 2 nitrogen and oxygen atoms in total. The maximum absolute atomic E-state index is 12.1. The van der Waals surface area contributed by atoms with E-state index in [4.69, 9.17) is 11.6 Å². The Bertz CT molecular complexity index is 446. The minimum atomic E-state index is 0.0186. The van der Waals surface area contributed by atoms with E-state index in [-0.39, 0.29) is 5.91 Å². The van der Waals surface area contributed by atoms with Gasteiger partial charge in [0.15, 0.2) is 0 Å². The number of nitrogens with one attached hydrogen (secondary N) is 1. The van der Waals surface area contributed by atoms with Gasteiger partial charge in [0.05, 0.1) is 0 Å². The number of carbonyl (C=O) groups excluding carboxylic acids is 1. The monoisotopic (exact) mass is 249 g/mol. The molecule has 1 aromatic rings. The van der Waals surface area contributed by atoms with Crippen LogP contribution in [0.2, 0.25) is 5.02 Å². The first-order valence-corrected chi connectivity index (χ1v) is 6.66. The van der Waals surface area contributed by atoms with Crippen LogP contribution >= 0.6 is 11.6 Å². The summed E-state index contributed by atoms with van der Waals surface area (Å²) in [6.45, 7) is 0. The maximum atomic E-state index is 12.1. The van der Waals surface area contributed by atoms with Crippen LogP contribution in [0, 0.1) is 11.8 Å². The van der Waals surface area contributed by atoms with E-state index >= 15 is 0 Å². The fourth-order valence-electron chi connectivity index (χ4n) is 3.30. The van der Waals surface area contributed by atoms with Crippen LogP contribution < -0.4 is 5.32 Å². The zero-order valence-electron chi connectivity index (χ0n) is 9.66. The number of benzene rings is 1. The Labute approximate surface area is 106 Å². The molecule has 3 atom stereocenters. The minimum absolute atomic E-state index is 0.0186. The van der Waals surface area contributed by atoms with E-state index in [2.05, 4.69) is 5.32 Å². The summed E-state index contributed by atoms with van der Waals surface area (Å²) in [6, 6.07) is 7.53. The molecule has 2 saturated carbocycles. The fourth-order valence-corrected chi connectivity index (χ4v) is 3.49. The second-order valence-corrected chi connectivity index (χ2v) is 5.70. The quantitative estimate of drug-likeness (QED) is 0.857. The lowest BCUT2D eigenvalue weighted by molar-refractivity contribution is 0.0923. The van der Waals surface area contributed by atoms with Crippen molar-refractivity contribution in [3.8, 4) is 0 Å². The average molecular weight is 250 g/mol. The van der Waals surface area contributed by atoms with Crippen molar-refractivity contribution in [1.29, 1.82) is 0 Å². The van der Waals surface area contributed by atoms with Crippen LogP contribution in [0.1, 0.15) is 36.0 Å². The highest BCUT2D eigenvalue weighted by Crippen LogP contribution is 2.44. The molecule has 2 aliphatic rings. The van der Waals surface area contributed by atoms with Crippen molar-refractivity contribution in [2.45, 2.75) is 31.7 Å². The third kappa shape index (κ3) is 2.19. The second kappa shape index (κ2) is 4.34. The molecule has 0 saturated heterocycles. The van der Waals surface area contributed by atoms with Crippen LogP contribution in [0.15, 0.2) is 24.3 Å². The highest BCUT2D eigenvalue weighted by molar-refractivity contribution is 6.30. The van der Waals surface area contributed by atoms with Crippen molar-refractivity contribution in [2.24, 2.45) is 11.8 Å². The molecule has 3 heteroatoms. The number of rotatable bonds is 2. The number of halogens is 1. The molecule has 17 heavy (non-hydrogen) atoms. The molecular formula is C14H16ClNO. The molecule has 2 aliphatic carbocycles. The largest absolute Gasteiger partial charge is 0.349 e. The number of hydrogen-bond donors (Lipinski definition) is 1. The Morgan fingerprint density at radius 1 is 1.29 bits per heavy atom. The van der Waals surface area contributed by atoms with Gasteiger partial charge in [-0.1, -0.05) is 24.1 Å². The predicted molar refractivity (Wildman–Crippen MR) is 68.2 cm³/mol. The summed E-state index contributed by atoms with van der Waals surface area (Å²) in [5.74, 6) is 1.58. The van der Waals surface area contributed by atoms with Gasteiger partial charge in [0.1, 0.15) is 0 Å². The van der Waals surface area contributed by atoms with E-state index in [0.717, 1.165) is 12.3 Å². The van der Waals surface area contributed by atoms with Crippen LogP contribution in [0.25, 0.3) is 0 Å². The third-order valence-electron chi connectivity index (χ3n) is 4.14. The Balaban J connectivity index is 1.68. The van der Waals surface area contributed by atoms with E-state index in [9.17, 15) is 4.79 Å². The molecule has 0 unspecified atom stereocenters. The zero-order valence-corrected chi connectivity index (χ0v) is 10.4. The molecular weight excluding hydrogens is 234 g/mol. The highest BCUT2D eigenvalue weighted by Gasteiger charge is 2.40. The van der Waals surface area contributed by atoms with Crippen LogP contribution in [0.3, 0.4) is 0 Å². The Morgan fingerprint density at radius 2 is 2.18 bits per heavy atom. The lowest BCUT2D eigenvalue weighted by atomic mass is 9.95. The van der Waals surface area contributed by atoms with Crippen molar-refractivity contribution >= 4 is 17.5 Å². The fraction of sp³-hybridized carbons (Fsp3) is 0.500. The molecule has 0 aromatic heterocycles. The number of fused-ring (bicyclic) bond motifs is 2. The van der Waals surface area contributed by atoms with Gasteiger partial charge < -0.3 is 5.32 Å². The Morgan fingerprint density at radius 3 is 2.82 bits per heavy atom. The summed E-state index contributed by atoms with van der Waals surface area (Å²) in [5, 5.41) is 3.77. The van der Waals surface area contributed by atoms with Gasteiger partial charge in [-0.3, -0.25) is 4.79 Å². The van der Waals surface area contributed by atoms with Gasteiger partial charge >= 0.3 is 0 Å². The van der Waals surface area contributed by atoms with E-state index in [1.54, 1.807) is 12.1 Å². The molecule has 2 fully saturated rings. The van der Waals surface area contributed by atoms with Crippen LogP contribution in [-0.4, -0.2) is 11.9 Å². The van der Waals surface area contributed by atoms with Crippen molar-refractivity contribution in [3.05, 3.63) is 34.9 Å². The maximum Gasteiger partial charge on any atom is 0.251 e. The SMILES string of the molecule is O=C(N[C@H]1C[C@H]2CC[C@H]1C2)c1cccc(Cl)c1. The van der Waals surface area contributed by atoms with Gasteiger partial charge in [0, 0.05) is 16.6 Å². The first-order chi connectivity index (χ1) is 8.22. The second-order valence-electron chi connectivity index (χ2n) is 5.27. The molecule has 2 bridgehead atoms. The summed E-state index contributed by atoms with van der Waals surface area (Å²) in [5.41, 5.74) is 0.667. The smallest absolute Gasteiger partial charge is 0.251 e. The molecule has 3 rings (SSSR count). The molecule has 0 heterocycles. The molecule has 1 amide bonds. The third-order valence-corrected chi connectivity index (χ3v) is 4.38. The number of hydrogen-bond acceptors (Lipinski definition) is 1. The van der Waals surface area contributed by atoms with Crippen molar-refractivity contribution in [1.82, 2.24) is 5.32 Å². The molecule has 1 aromatic carbocycles. The van der Waals surface area contributed by atoms with Crippen molar-refractivity contribution in [3.63, 3.8) is 0 Å². The first kappa shape index (κ1) is 11.1. The average Bonchev–Trinajstić information content (AvgIpc) is 2.91. The Hall–Kier alpha value is -1.02. The van der Waals surface area contributed by atoms with E-state index < -0.39 is 0 Å². The standard InChI is InChI=1S/C14H16ClNO/c15-12-3-1-2-11(8-12)14(17)16-13-7-9-4-5-10(13)6-9/h1-3,8-10,13H,4-7H2,(H,16,17)/t9-,10-,13-/m0/s1. The zero-order chi connectivity index (χ0) is 11.8. The summed E-state index contributed by atoms with van der Waals surface area (Å²) >= 11 is 5.89.